The summed E-state index contributed by atoms with van der Waals surface area (Å²) in [6.45, 7) is 6.81. The van der Waals surface area contributed by atoms with Crippen LogP contribution in [-0.2, 0) is 0 Å². The van der Waals surface area contributed by atoms with Crippen molar-refractivity contribution in [2.45, 2.75) is 20.3 Å². The lowest BCUT2D eigenvalue weighted by molar-refractivity contribution is 0.104. The van der Waals surface area contributed by atoms with Gasteiger partial charge in [-0.25, -0.2) is 0 Å². The smallest absolute Gasteiger partial charge is 0.196 e. The van der Waals surface area contributed by atoms with Crippen LogP contribution < -0.4 is 10.2 Å². The van der Waals surface area contributed by atoms with E-state index in [0.29, 0.717) is 35.3 Å². The van der Waals surface area contributed by atoms with Gasteiger partial charge in [0, 0.05) is 36.4 Å². The fraction of sp³-hybridized carbons (Fsp3) is 0.391. The first-order valence-electron chi connectivity index (χ1n) is 10.3. The van der Waals surface area contributed by atoms with Crippen LogP contribution in [0.3, 0.4) is 0 Å². The highest BCUT2D eigenvalue weighted by molar-refractivity contribution is 6.28. The molecule has 0 spiro atoms. The molecule has 150 valence electrons. The molecule has 6 heteroatoms. The Kier molecular flexibility index (Phi) is 4.32. The number of hydrogen-bond acceptors (Lipinski definition) is 6. The second kappa shape index (κ2) is 6.88. The molecule has 0 radical (unpaired) electrons. The van der Waals surface area contributed by atoms with Crippen molar-refractivity contribution in [1.82, 2.24) is 5.16 Å². The van der Waals surface area contributed by atoms with Crippen molar-refractivity contribution >= 4 is 28.1 Å². The Balaban J connectivity index is 1.76. The summed E-state index contributed by atoms with van der Waals surface area (Å²) in [5, 5.41) is 17.8. The molecule has 1 saturated heterocycles. The lowest BCUT2D eigenvalue weighted by atomic mass is 9.85. The van der Waals surface area contributed by atoms with Crippen LogP contribution in [0.25, 0.3) is 22.2 Å². The van der Waals surface area contributed by atoms with Gasteiger partial charge in [-0.15, -0.1) is 0 Å². The van der Waals surface area contributed by atoms with Crippen LogP contribution in [0.1, 0.15) is 36.2 Å². The predicted molar refractivity (Wildman–Crippen MR) is 114 cm³/mol. The Morgan fingerprint density at radius 2 is 1.93 bits per heavy atom. The number of aliphatic hydroxyl groups is 1. The number of hydrogen-bond donors (Lipinski definition) is 2. The molecule has 2 heterocycles. The van der Waals surface area contributed by atoms with Crippen LogP contribution in [0.2, 0.25) is 0 Å². The van der Waals surface area contributed by atoms with E-state index in [9.17, 15) is 9.90 Å². The van der Waals surface area contributed by atoms with E-state index in [4.69, 9.17) is 4.52 Å². The molecule has 5 rings (SSSR count). The molecule has 2 unspecified atom stereocenters. The average Bonchev–Trinajstić information content (AvgIpc) is 3.15. The van der Waals surface area contributed by atoms with Gasteiger partial charge in [0.05, 0.1) is 23.2 Å². The van der Waals surface area contributed by atoms with Crippen molar-refractivity contribution < 1.29 is 14.4 Å². The van der Waals surface area contributed by atoms with Crippen LogP contribution >= 0.6 is 0 Å². The third-order valence-corrected chi connectivity index (χ3v) is 6.02. The number of rotatable bonds is 4. The minimum Gasteiger partial charge on any atom is -0.395 e. The SMILES string of the molecule is CC1CC(C)CN(c2cc(NCCO)c3c4c(onc24)-c2ccccc2C3=O)C1. The molecule has 2 N–H and O–H groups in total. The maximum absolute atomic E-state index is 13.4. The maximum Gasteiger partial charge on any atom is 0.196 e. The fourth-order valence-corrected chi connectivity index (χ4v) is 4.97. The molecule has 1 aromatic heterocycles. The second-order valence-electron chi connectivity index (χ2n) is 8.43. The van der Waals surface area contributed by atoms with Crippen LogP contribution in [0.4, 0.5) is 11.4 Å². The normalized spacial score (nSPS) is 20.8. The molecule has 2 aromatic carbocycles. The number of carbonyl (C=O) groups excluding carboxylic acids is 1. The molecule has 6 nitrogen and oxygen atoms in total. The van der Waals surface area contributed by atoms with Crippen molar-refractivity contribution in [3.63, 3.8) is 0 Å². The fourth-order valence-electron chi connectivity index (χ4n) is 4.97. The molecule has 0 bridgehead atoms. The van der Waals surface area contributed by atoms with Gasteiger partial charge >= 0.3 is 0 Å². The number of ketones is 1. The standard InChI is InChI=1S/C23H25N3O3/c1-13-9-14(2)12-26(11-13)18-10-17(24-7-8-27)19-20-21(18)25-29-23(20)16-6-4-3-5-15(16)22(19)28/h3-6,10,13-14,24,27H,7-9,11-12H2,1-2H3. The Labute approximate surface area is 169 Å². The minimum absolute atomic E-state index is 0.00807. The number of anilines is 2. The highest BCUT2D eigenvalue weighted by atomic mass is 16.5. The monoisotopic (exact) mass is 391 g/mol. The summed E-state index contributed by atoms with van der Waals surface area (Å²) >= 11 is 0. The summed E-state index contributed by atoms with van der Waals surface area (Å²) in [4.78, 5) is 15.7. The molecule has 29 heavy (non-hydrogen) atoms. The first-order chi connectivity index (χ1) is 14.1. The molecule has 1 aliphatic carbocycles. The van der Waals surface area contributed by atoms with E-state index in [1.807, 2.05) is 30.3 Å². The van der Waals surface area contributed by atoms with Gasteiger partial charge in [-0.3, -0.25) is 4.79 Å². The third kappa shape index (κ3) is 2.82. The number of piperidine rings is 1. The summed E-state index contributed by atoms with van der Waals surface area (Å²) in [6.07, 6.45) is 1.21. The van der Waals surface area contributed by atoms with E-state index in [1.54, 1.807) is 0 Å². The number of nitrogens with zero attached hydrogens (tertiary/aromatic N) is 2. The number of carbonyl (C=O) groups is 1. The van der Waals surface area contributed by atoms with E-state index < -0.39 is 0 Å². The van der Waals surface area contributed by atoms with E-state index in [0.717, 1.165) is 40.9 Å². The second-order valence-corrected chi connectivity index (χ2v) is 8.43. The zero-order valence-electron chi connectivity index (χ0n) is 16.7. The Morgan fingerprint density at radius 1 is 1.21 bits per heavy atom. The van der Waals surface area contributed by atoms with Crippen molar-refractivity contribution in [3.05, 3.63) is 41.5 Å². The number of nitrogens with one attached hydrogen (secondary N) is 1. The van der Waals surface area contributed by atoms with Gasteiger partial charge < -0.3 is 19.8 Å². The number of fused-ring (bicyclic) bond motifs is 2. The van der Waals surface area contributed by atoms with E-state index >= 15 is 0 Å². The van der Waals surface area contributed by atoms with Crippen molar-refractivity contribution in [1.29, 1.82) is 0 Å². The van der Waals surface area contributed by atoms with Crippen molar-refractivity contribution in [3.8, 4) is 11.3 Å². The Morgan fingerprint density at radius 3 is 2.66 bits per heavy atom. The van der Waals surface area contributed by atoms with Crippen LogP contribution in [0.5, 0.6) is 0 Å². The topological polar surface area (TPSA) is 78.6 Å². The summed E-state index contributed by atoms with van der Waals surface area (Å²) in [5.74, 6) is 1.79. The van der Waals surface area contributed by atoms with Gasteiger partial charge in [-0.2, -0.15) is 0 Å². The van der Waals surface area contributed by atoms with Gasteiger partial charge in [0.1, 0.15) is 5.52 Å². The lowest BCUT2D eigenvalue weighted by Gasteiger charge is -2.37. The van der Waals surface area contributed by atoms with E-state index in [2.05, 4.69) is 29.2 Å². The molecule has 2 aliphatic rings. The molecule has 0 saturated carbocycles. The summed E-state index contributed by atoms with van der Waals surface area (Å²) in [7, 11) is 0. The number of aromatic nitrogens is 1. The molecular formula is C23H25N3O3. The molecule has 3 aromatic rings. The molecular weight excluding hydrogens is 366 g/mol. The molecule has 2 atom stereocenters. The van der Waals surface area contributed by atoms with Gasteiger partial charge in [0.2, 0.25) is 0 Å². The van der Waals surface area contributed by atoms with Gasteiger partial charge in [-0.1, -0.05) is 43.3 Å². The van der Waals surface area contributed by atoms with E-state index in [1.165, 1.54) is 6.42 Å². The molecule has 1 aliphatic heterocycles. The van der Waals surface area contributed by atoms with Crippen molar-refractivity contribution in [2.24, 2.45) is 11.8 Å². The summed E-state index contributed by atoms with van der Waals surface area (Å²) < 4.78 is 5.81. The van der Waals surface area contributed by atoms with Crippen LogP contribution in [0.15, 0.2) is 34.9 Å². The van der Waals surface area contributed by atoms with Crippen molar-refractivity contribution in [2.75, 3.05) is 36.5 Å². The summed E-state index contributed by atoms with van der Waals surface area (Å²) in [5.41, 5.74) is 4.47. The number of aliphatic hydroxyl groups excluding tert-OH is 1. The zero-order chi connectivity index (χ0) is 20.1. The Bertz CT molecular complexity index is 1090. The highest BCUT2D eigenvalue weighted by Crippen LogP contribution is 2.46. The van der Waals surface area contributed by atoms with Crippen LogP contribution in [-0.4, -0.2) is 42.3 Å². The third-order valence-electron chi connectivity index (χ3n) is 6.02. The molecule has 1 fully saturated rings. The minimum atomic E-state index is -0.0336. The Hall–Kier alpha value is -2.86. The molecule has 0 amide bonds. The first kappa shape index (κ1) is 18.2. The van der Waals surface area contributed by atoms with E-state index in [-0.39, 0.29) is 12.4 Å². The predicted octanol–water partition coefficient (Wildman–Crippen LogP) is 3.93. The average molecular weight is 391 g/mol. The first-order valence-corrected chi connectivity index (χ1v) is 10.3. The highest BCUT2D eigenvalue weighted by Gasteiger charge is 2.34. The number of benzene rings is 2. The van der Waals surface area contributed by atoms with Gasteiger partial charge in [-0.05, 0) is 24.3 Å². The van der Waals surface area contributed by atoms with Crippen LogP contribution in [0, 0.1) is 11.8 Å². The summed E-state index contributed by atoms with van der Waals surface area (Å²) in [6, 6.07) is 9.52. The van der Waals surface area contributed by atoms with Gasteiger partial charge in [0.15, 0.2) is 11.5 Å². The zero-order valence-corrected chi connectivity index (χ0v) is 16.7. The lowest BCUT2D eigenvalue weighted by Crippen LogP contribution is -2.39. The maximum atomic E-state index is 13.4. The van der Waals surface area contributed by atoms with Gasteiger partial charge in [0.25, 0.3) is 0 Å². The largest absolute Gasteiger partial charge is 0.395 e. The quantitative estimate of drug-likeness (QED) is 0.549.